The summed E-state index contributed by atoms with van der Waals surface area (Å²) >= 11 is 1.32. The van der Waals surface area contributed by atoms with Gasteiger partial charge in [-0.1, -0.05) is 12.1 Å². The molecule has 1 heterocycles. The molecule has 8 heteroatoms. The number of thioether (sulfide) groups is 1. The van der Waals surface area contributed by atoms with Gasteiger partial charge in [0.2, 0.25) is 5.91 Å². The van der Waals surface area contributed by atoms with E-state index in [0.717, 1.165) is 22.0 Å². The van der Waals surface area contributed by atoms with Crippen molar-refractivity contribution in [1.29, 1.82) is 0 Å². The molecule has 0 unspecified atom stereocenters. The van der Waals surface area contributed by atoms with Crippen LogP contribution in [0.5, 0.6) is 0 Å². The van der Waals surface area contributed by atoms with Crippen LogP contribution in [0.25, 0.3) is 5.69 Å². The van der Waals surface area contributed by atoms with Gasteiger partial charge in [0.15, 0.2) is 0 Å². The molecule has 0 aliphatic heterocycles. The van der Waals surface area contributed by atoms with Crippen LogP contribution in [0.4, 0.5) is 11.4 Å². The van der Waals surface area contributed by atoms with Crippen LogP contribution < -0.4 is 5.32 Å². The van der Waals surface area contributed by atoms with Crippen LogP contribution in [0.2, 0.25) is 0 Å². The van der Waals surface area contributed by atoms with Crippen LogP contribution in [-0.2, 0) is 4.79 Å². The summed E-state index contributed by atoms with van der Waals surface area (Å²) in [7, 11) is 0. The summed E-state index contributed by atoms with van der Waals surface area (Å²) in [6.07, 6.45) is 0. The van der Waals surface area contributed by atoms with Crippen molar-refractivity contribution < 1.29 is 9.72 Å². The zero-order valence-corrected chi connectivity index (χ0v) is 15.7. The first-order valence-electron chi connectivity index (χ1n) is 8.24. The standard InChI is InChI=1S/C19H18N4O3S/c1-13-11-14(2)22(21-13)18-6-4-3-5-17(18)20-19(24)12-27-16-9-7-15(8-10-16)23(25)26/h3-11H,12H2,1-2H3,(H,20,24). The second kappa shape index (κ2) is 8.05. The van der Waals surface area contributed by atoms with Crippen molar-refractivity contribution >= 4 is 29.0 Å². The number of nitro groups is 1. The fourth-order valence-corrected chi connectivity index (χ4v) is 3.33. The average Bonchev–Trinajstić information content (AvgIpc) is 2.99. The van der Waals surface area contributed by atoms with Gasteiger partial charge in [-0.05, 0) is 44.2 Å². The first-order valence-corrected chi connectivity index (χ1v) is 9.22. The van der Waals surface area contributed by atoms with Crippen molar-refractivity contribution in [2.24, 2.45) is 0 Å². The summed E-state index contributed by atoms with van der Waals surface area (Å²) in [5.74, 6) is 0.0378. The molecule has 7 nitrogen and oxygen atoms in total. The van der Waals surface area contributed by atoms with E-state index in [1.54, 1.807) is 16.8 Å². The SMILES string of the molecule is Cc1cc(C)n(-c2ccccc2NC(=O)CSc2ccc([N+](=O)[O-])cc2)n1. The van der Waals surface area contributed by atoms with E-state index in [1.165, 1.54) is 23.9 Å². The van der Waals surface area contributed by atoms with E-state index in [0.29, 0.717) is 5.69 Å². The molecule has 0 saturated heterocycles. The van der Waals surface area contributed by atoms with E-state index < -0.39 is 4.92 Å². The Labute approximate surface area is 160 Å². The first kappa shape index (κ1) is 18.7. The van der Waals surface area contributed by atoms with E-state index in [1.807, 2.05) is 44.2 Å². The summed E-state index contributed by atoms with van der Waals surface area (Å²) in [4.78, 5) is 23.4. The quantitative estimate of drug-likeness (QED) is 0.393. The molecule has 0 fully saturated rings. The van der Waals surface area contributed by atoms with Gasteiger partial charge in [-0.25, -0.2) is 4.68 Å². The van der Waals surface area contributed by atoms with Gasteiger partial charge in [0.05, 0.1) is 27.7 Å². The lowest BCUT2D eigenvalue weighted by Gasteiger charge is -2.12. The van der Waals surface area contributed by atoms with Gasteiger partial charge in [-0.3, -0.25) is 14.9 Å². The van der Waals surface area contributed by atoms with Gasteiger partial charge in [0.25, 0.3) is 5.69 Å². The Kier molecular flexibility index (Phi) is 5.56. The van der Waals surface area contributed by atoms with Gasteiger partial charge in [0.1, 0.15) is 0 Å². The maximum absolute atomic E-state index is 12.4. The lowest BCUT2D eigenvalue weighted by molar-refractivity contribution is -0.384. The number of nitro benzene ring substituents is 1. The van der Waals surface area contributed by atoms with E-state index in [9.17, 15) is 14.9 Å². The summed E-state index contributed by atoms with van der Waals surface area (Å²) in [6, 6.07) is 15.6. The number of rotatable bonds is 6. The predicted octanol–water partition coefficient (Wildman–Crippen LogP) is 4.13. The van der Waals surface area contributed by atoms with Gasteiger partial charge in [0, 0.05) is 22.7 Å². The van der Waals surface area contributed by atoms with E-state index in [2.05, 4.69) is 10.4 Å². The molecule has 0 aliphatic rings. The van der Waals surface area contributed by atoms with Crippen molar-refractivity contribution in [1.82, 2.24) is 9.78 Å². The molecule has 0 radical (unpaired) electrons. The van der Waals surface area contributed by atoms with Crippen LogP contribution >= 0.6 is 11.8 Å². The number of non-ortho nitro benzene ring substituents is 1. The highest BCUT2D eigenvalue weighted by Gasteiger charge is 2.12. The number of amides is 1. The van der Waals surface area contributed by atoms with Crippen LogP contribution in [0.1, 0.15) is 11.4 Å². The minimum Gasteiger partial charge on any atom is -0.323 e. The maximum atomic E-state index is 12.4. The van der Waals surface area contributed by atoms with Crippen molar-refractivity contribution in [3.63, 3.8) is 0 Å². The van der Waals surface area contributed by atoms with Crippen molar-refractivity contribution in [3.05, 3.63) is 76.1 Å². The topological polar surface area (TPSA) is 90.1 Å². The van der Waals surface area contributed by atoms with Crippen LogP contribution in [0.3, 0.4) is 0 Å². The molecule has 0 atom stereocenters. The van der Waals surface area contributed by atoms with Gasteiger partial charge in [-0.15, -0.1) is 11.8 Å². The fourth-order valence-electron chi connectivity index (χ4n) is 2.64. The maximum Gasteiger partial charge on any atom is 0.269 e. The number of anilines is 1. The third kappa shape index (κ3) is 4.53. The molecule has 1 amide bonds. The third-order valence-corrected chi connectivity index (χ3v) is 4.85. The van der Waals surface area contributed by atoms with Gasteiger partial charge >= 0.3 is 0 Å². The summed E-state index contributed by atoms with van der Waals surface area (Å²) < 4.78 is 1.80. The second-order valence-corrected chi connectivity index (χ2v) is 6.99. The highest BCUT2D eigenvalue weighted by molar-refractivity contribution is 8.00. The smallest absolute Gasteiger partial charge is 0.269 e. The monoisotopic (exact) mass is 382 g/mol. The number of nitrogens with zero attached hydrogens (tertiary/aromatic N) is 3. The Morgan fingerprint density at radius 3 is 2.52 bits per heavy atom. The number of para-hydroxylation sites is 2. The molecule has 1 N–H and O–H groups in total. The van der Waals surface area contributed by atoms with E-state index >= 15 is 0 Å². The van der Waals surface area contributed by atoms with E-state index in [4.69, 9.17) is 0 Å². The molecular formula is C19H18N4O3S. The minimum atomic E-state index is -0.447. The number of aromatic nitrogens is 2. The number of benzene rings is 2. The summed E-state index contributed by atoms with van der Waals surface area (Å²) in [6.45, 7) is 3.88. The molecule has 0 spiro atoms. The molecule has 3 aromatic rings. The zero-order chi connectivity index (χ0) is 19.4. The normalized spacial score (nSPS) is 10.6. The average molecular weight is 382 g/mol. The largest absolute Gasteiger partial charge is 0.323 e. The Morgan fingerprint density at radius 1 is 1.19 bits per heavy atom. The first-order chi connectivity index (χ1) is 12.9. The molecule has 0 saturated carbocycles. The number of hydrogen-bond acceptors (Lipinski definition) is 5. The molecule has 2 aromatic carbocycles. The van der Waals surface area contributed by atoms with E-state index in [-0.39, 0.29) is 17.3 Å². The Morgan fingerprint density at radius 2 is 1.89 bits per heavy atom. The number of nitrogens with one attached hydrogen (secondary N) is 1. The van der Waals surface area contributed by atoms with Crippen molar-refractivity contribution in [3.8, 4) is 5.69 Å². The van der Waals surface area contributed by atoms with Gasteiger partial charge < -0.3 is 5.32 Å². The number of hydrogen-bond donors (Lipinski definition) is 1. The molecule has 138 valence electrons. The molecule has 3 rings (SSSR count). The summed E-state index contributed by atoms with van der Waals surface area (Å²) in [5, 5.41) is 18.1. The fraction of sp³-hybridized carbons (Fsp3) is 0.158. The predicted molar refractivity (Wildman–Crippen MR) is 105 cm³/mol. The second-order valence-electron chi connectivity index (χ2n) is 5.94. The Balaban J connectivity index is 1.68. The van der Waals surface area contributed by atoms with Crippen molar-refractivity contribution in [2.45, 2.75) is 18.7 Å². The molecule has 0 bridgehead atoms. The minimum absolute atomic E-state index is 0.0302. The van der Waals surface area contributed by atoms with Crippen LogP contribution in [0.15, 0.2) is 59.5 Å². The molecule has 1 aromatic heterocycles. The highest BCUT2D eigenvalue weighted by atomic mass is 32.2. The highest BCUT2D eigenvalue weighted by Crippen LogP contribution is 2.24. The summed E-state index contributed by atoms with van der Waals surface area (Å²) in [5.41, 5.74) is 3.40. The van der Waals surface area contributed by atoms with Crippen LogP contribution in [0, 0.1) is 24.0 Å². The van der Waals surface area contributed by atoms with Crippen LogP contribution in [-0.4, -0.2) is 26.4 Å². The lowest BCUT2D eigenvalue weighted by Crippen LogP contribution is -2.16. The number of aryl methyl sites for hydroxylation is 2. The Hall–Kier alpha value is -3.13. The molecular weight excluding hydrogens is 364 g/mol. The number of carbonyl (C=O) groups is 1. The van der Waals surface area contributed by atoms with Gasteiger partial charge in [-0.2, -0.15) is 5.10 Å². The zero-order valence-electron chi connectivity index (χ0n) is 14.9. The molecule has 0 aliphatic carbocycles. The Bertz CT molecular complexity index is 983. The lowest BCUT2D eigenvalue weighted by atomic mass is 10.2. The third-order valence-electron chi connectivity index (χ3n) is 3.83. The van der Waals surface area contributed by atoms with Crippen molar-refractivity contribution in [2.75, 3.05) is 11.1 Å². The molecule has 27 heavy (non-hydrogen) atoms. The number of carbonyl (C=O) groups excluding carboxylic acids is 1.